The van der Waals surface area contributed by atoms with Crippen molar-refractivity contribution >= 4 is 42.4 Å². The fraction of sp³-hybridized carbons (Fsp3) is 0.417. The van der Waals surface area contributed by atoms with Gasteiger partial charge < -0.3 is 9.64 Å². The third kappa shape index (κ3) is 6.10. The highest BCUT2D eigenvalue weighted by molar-refractivity contribution is 7.91. The molecule has 1 amide bonds. The Hall–Kier alpha value is -2.49. The van der Waals surface area contributed by atoms with E-state index in [1.165, 1.54) is 30.6 Å². The third-order valence-electron chi connectivity index (χ3n) is 5.45. The Morgan fingerprint density at radius 1 is 1.03 bits per heavy atom. The van der Waals surface area contributed by atoms with Crippen LogP contribution >= 0.6 is 11.3 Å². The van der Waals surface area contributed by atoms with E-state index in [4.69, 9.17) is 9.72 Å². The number of hydrogen-bond donors (Lipinski definition) is 0. The number of hydrogen-bond acceptors (Lipinski definition) is 7. The molecular formula is C24H31N3O4S2. The third-order valence-corrected chi connectivity index (χ3v) is 8.40. The van der Waals surface area contributed by atoms with Gasteiger partial charge in [-0.1, -0.05) is 23.5 Å². The second-order valence-corrected chi connectivity index (χ2v) is 11.4. The van der Waals surface area contributed by atoms with Gasteiger partial charge in [0.25, 0.3) is 0 Å². The molecule has 0 saturated heterocycles. The van der Waals surface area contributed by atoms with E-state index >= 15 is 0 Å². The fourth-order valence-electron chi connectivity index (χ4n) is 3.49. The lowest BCUT2D eigenvalue weighted by Gasteiger charge is -2.21. The molecule has 0 unspecified atom stereocenters. The molecule has 3 rings (SSSR count). The van der Waals surface area contributed by atoms with E-state index in [0.717, 1.165) is 34.3 Å². The molecule has 0 spiro atoms. The van der Waals surface area contributed by atoms with Crippen molar-refractivity contribution in [1.29, 1.82) is 0 Å². The minimum absolute atomic E-state index is 0.107. The second kappa shape index (κ2) is 10.6. The summed E-state index contributed by atoms with van der Waals surface area (Å²) >= 11 is 1.48. The zero-order valence-electron chi connectivity index (χ0n) is 19.8. The molecule has 9 heteroatoms. The standard InChI is InChI=1S/C24H31N3O4S2/c1-17-7-8-18(2)23-22(17)25-24(32-23)27(15-6-14-26(3)4)21(28)13-16-33(29,30)20-11-9-19(31-5)10-12-20/h7-12H,6,13-16H2,1-5H3. The van der Waals surface area contributed by atoms with E-state index < -0.39 is 9.84 Å². The van der Waals surface area contributed by atoms with Crippen LogP contribution in [0.3, 0.4) is 0 Å². The normalized spacial score (nSPS) is 11.8. The van der Waals surface area contributed by atoms with E-state index in [2.05, 4.69) is 11.0 Å². The maximum absolute atomic E-state index is 13.2. The molecule has 178 valence electrons. The number of nitrogens with zero attached hydrogens (tertiary/aromatic N) is 3. The van der Waals surface area contributed by atoms with E-state index in [-0.39, 0.29) is 23.0 Å². The van der Waals surface area contributed by atoms with E-state index in [1.54, 1.807) is 17.0 Å². The molecular weight excluding hydrogens is 458 g/mol. The molecule has 0 aliphatic carbocycles. The first-order valence-electron chi connectivity index (χ1n) is 10.8. The average molecular weight is 490 g/mol. The van der Waals surface area contributed by atoms with Crippen LogP contribution in [0.1, 0.15) is 24.0 Å². The number of amides is 1. The van der Waals surface area contributed by atoms with Crippen molar-refractivity contribution in [2.45, 2.75) is 31.6 Å². The molecule has 0 atom stereocenters. The smallest absolute Gasteiger partial charge is 0.229 e. The first-order chi connectivity index (χ1) is 15.6. The molecule has 0 aliphatic heterocycles. The number of ether oxygens (including phenoxy) is 1. The number of methoxy groups -OCH3 is 1. The number of carbonyl (C=O) groups is 1. The first-order valence-corrected chi connectivity index (χ1v) is 13.3. The zero-order chi connectivity index (χ0) is 24.2. The molecule has 0 aliphatic rings. The molecule has 0 bridgehead atoms. The highest BCUT2D eigenvalue weighted by Crippen LogP contribution is 2.33. The highest BCUT2D eigenvalue weighted by atomic mass is 32.2. The first kappa shape index (κ1) is 25.1. The fourth-order valence-corrected chi connectivity index (χ4v) is 5.88. The summed E-state index contributed by atoms with van der Waals surface area (Å²) in [4.78, 5) is 21.9. The Kier molecular flexibility index (Phi) is 8.10. The Morgan fingerprint density at radius 2 is 1.70 bits per heavy atom. The monoisotopic (exact) mass is 489 g/mol. The van der Waals surface area contributed by atoms with Crippen LogP contribution in [0.5, 0.6) is 5.75 Å². The largest absolute Gasteiger partial charge is 0.497 e. The van der Waals surface area contributed by atoms with Crippen LogP contribution in [0, 0.1) is 13.8 Å². The Balaban J connectivity index is 1.82. The summed E-state index contributed by atoms with van der Waals surface area (Å²) in [6.45, 7) is 5.34. The number of carbonyl (C=O) groups excluding carboxylic acids is 1. The number of anilines is 1. The van der Waals surface area contributed by atoms with Crippen molar-refractivity contribution in [2.24, 2.45) is 0 Å². The lowest BCUT2D eigenvalue weighted by atomic mass is 10.1. The number of aromatic nitrogens is 1. The maximum Gasteiger partial charge on any atom is 0.229 e. The summed E-state index contributed by atoms with van der Waals surface area (Å²) in [5, 5.41) is 0.619. The predicted octanol–water partition coefficient (Wildman–Crippen LogP) is 4.07. The van der Waals surface area contributed by atoms with Crippen molar-refractivity contribution < 1.29 is 17.9 Å². The quantitative estimate of drug-likeness (QED) is 0.427. The summed E-state index contributed by atoms with van der Waals surface area (Å²) in [7, 11) is 1.90. The van der Waals surface area contributed by atoms with Gasteiger partial charge in [-0.05, 0) is 76.3 Å². The Morgan fingerprint density at radius 3 is 2.30 bits per heavy atom. The van der Waals surface area contributed by atoms with Gasteiger partial charge in [0, 0.05) is 13.0 Å². The number of fused-ring (bicyclic) bond motifs is 1. The van der Waals surface area contributed by atoms with Crippen LogP contribution in [0.2, 0.25) is 0 Å². The van der Waals surface area contributed by atoms with Crippen LogP contribution in [0.25, 0.3) is 10.2 Å². The molecule has 0 saturated carbocycles. The molecule has 1 heterocycles. The van der Waals surface area contributed by atoms with Gasteiger partial charge in [0.1, 0.15) is 5.75 Å². The molecule has 1 aromatic heterocycles. The van der Waals surface area contributed by atoms with Crippen LogP contribution in [0.15, 0.2) is 41.3 Å². The molecule has 0 radical (unpaired) electrons. The Bertz CT molecular complexity index is 1180. The van der Waals surface area contributed by atoms with Crippen molar-refractivity contribution in [1.82, 2.24) is 9.88 Å². The molecule has 0 N–H and O–H groups in total. The van der Waals surface area contributed by atoms with Gasteiger partial charge in [0.2, 0.25) is 5.91 Å². The minimum Gasteiger partial charge on any atom is -0.497 e. The second-order valence-electron chi connectivity index (χ2n) is 8.32. The predicted molar refractivity (Wildman–Crippen MR) is 134 cm³/mol. The van der Waals surface area contributed by atoms with E-state index in [9.17, 15) is 13.2 Å². The highest BCUT2D eigenvalue weighted by Gasteiger charge is 2.24. The van der Waals surface area contributed by atoms with Crippen LogP contribution in [0.4, 0.5) is 5.13 Å². The number of thiazole rings is 1. The summed E-state index contributed by atoms with van der Waals surface area (Å²) in [5.74, 6) is 0.0874. The van der Waals surface area contributed by atoms with E-state index in [0.29, 0.717) is 17.4 Å². The SMILES string of the molecule is COc1ccc(S(=O)(=O)CCC(=O)N(CCCN(C)C)c2nc3c(C)ccc(C)c3s2)cc1. The van der Waals surface area contributed by atoms with Crippen LogP contribution < -0.4 is 9.64 Å². The van der Waals surface area contributed by atoms with Gasteiger partial charge in [-0.15, -0.1) is 0 Å². The molecule has 0 fully saturated rings. The number of rotatable bonds is 10. The van der Waals surface area contributed by atoms with Gasteiger partial charge >= 0.3 is 0 Å². The molecule has 7 nitrogen and oxygen atoms in total. The van der Waals surface area contributed by atoms with Crippen molar-refractivity contribution in [3.63, 3.8) is 0 Å². The lowest BCUT2D eigenvalue weighted by molar-refractivity contribution is -0.118. The lowest BCUT2D eigenvalue weighted by Crippen LogP contribution is -2.34. The van der Waals surface area contributed by atoms with Crippen LogP contribution in [-0.2, 0) is 14.6 Å². The van der Waals surface area contributed by atoms with Gasteiger partial charge in [-0.25, -0.2) is 13.4 Å². The van der Waals surface area contributed by atoms with Crippen LogP contribution in [-0.4, -0.2) is 64.3 Å². The summed E-state index contributed by atoms with van der Waals surface area (Å²) in [5.41, 5.74) is 3.06. The number of aryl methyl sites for hydroxylation is 2. The summed E-state index contributed by atoms with van der Waals surface area (Å²) in [6.07, 6.45) is 0.655. The minimum atomic E-state index is -3.60. The van der Waals surface area contributed by atoms with Crippen molar-refractivity contribution in [2.75, 3.05) is 44.9 Å². The van der Waals surface area contributed by atoms with Gasteiger partial charge in [-0.2, -0.15) is 0 Å². The average Bonchev–Trinajstić information content (AvgIpc) is 3.24. The molecule has 33 heavy (non-hydrogen) atoms. The number of sulfone groups is 1. The van der Waals surface area contributed by atoms with Gasteiger partial charge in [0.05, 0.1) is 28.0 Å². The number of benzene rings is 2. The van der Waals surface area contributed by atoms with Crippen molar-refractivity contribution in [3.05, 3.63) is 47.5 Å². The topological polar surface area (TPSA) is 79.8 Å². The summed E-state index contributed by atoms with van der Waals surface area (Å²) < 4.78 is 31.7. The zero-order valence-corrected chi connectivity index (χ0v) is 21.4. The van der Waals surface area contributed by atoms with E-state index in [1.807, 2.05) is 34.0 Å². The van der Waals surface area contributed by atoms with Gasteiger partial charge in [0.15, 0.2) is 15.0 Å². The maximum atomic E-state index is 13.2. The molecule has 3 aromatic rings. The Labute approximate surface area is 199 Å². The van der Waals surface area contributed by atoms with Gasteiger partial charge in [-0.3, -0.25) is 9.69 Å². The summed E-state index contributed by atoms with van der Waals surface area (Å²) in [6, 6.07) is 10.3. The van der Waals surface area contributed by atoms with Crippen molar-refractivity contribution in [3.8, 4) is 5.75 Å². The molecule has 2 aromatic carbocycles.